The van der Waals surface area contributed by atoms with Gasteiger partial charge in [-0.15, -0.1) is 0 Å². The quantitative estimate of drug-likeness (QED) is 0.693. The molecule has 3 saturated heterocycles. The van der Waals surface area contributed by atoms with E-state index in [2.05, 4.69) is 46.6 Å². The lowest BCUT2D eigenvalue weighted by molar-refractivity contribution is -0.122. The van der Waals surface area contributed by atoms with Gasteiger partial charge in [0.05, 0.1) is 23.5 Å². The van der Waals surface area contributed by atoms with Crippen molar-refractivity contribution in [1.29, 1.82) is 0 Å². The summed E-state index contributed by atoms with van der Waals surface area (Å²) in [6, 6.07) is 12.1. The number of fused-ring (bicyclic) bond motifs is 1. The van der Waals surface area contributed by atoms with Crippen molar-refractivity contribution < 1.29 is 23.8 Å². The van der Waals surface area contributed by atoms with Crippen LogP contribution < -0.4 is 5.32 Å². The Morgan fingerprint density at radius 1 is 1.29 bits per heavy atom. The Hall–Kier alpha value is -2.90. The first-order valence-electron chi connectivity index (χ1n) is 10.7. The number of ether oxygens (including phenoxy) is 1. The fraction of sp³-hybridized carbons (Fsp3) is 0.417. The molecule has 0 saturated carbocycles. The van der Waals surface area contributed by atoms with E-state index in [-0.39, 0.29) is 24.1 Å². The molecule has 3 aliphatic rings. The van der Waals surface area contributed by atoms with E-state index in [0.29, 0.717) is 23.9 Å². The third-order valence-corrected chi connectivity index (χ3v) is 6.61. The number of nitrogens with one attached hydrogen (secondary N) is 1. The summed E-state index contributed by atoms with van der Waals surface area (Å²) in [6.45, 7) is 3.41. The Morgan fingerprint density at radius 3 is 2.84 bits per heavy atom. The van der Waals surface area contributed by atoms with Crippen molar-refractivity contribution in [3.8, 4) is 0 Å². The number of furan rings is 1. The van der Waals surface area contributed by atoms with Gasteiger partial charge in [-0.2, -0.15) is 0 Å². The minimum atomic E-state index is -0.250. The third kappa shape index (κ3) is 4.57. The molecule has 2 bridgehead atoms. The van der Waals surface area contributed by atoms with E-state index in [1.165, 1.54) is 18.1 Å². The zero-order valence-electron chi connectivity index (χ0n) is 17.4. The number of benzene rings is 1. The van der Waals surface area contributed by atoms with Crippen LogP contribution in [0.4, 0.5) is 0 Å². The summed E-state index contributed by atoms with van der Waals surface area (Å²) >= 11 is 0. The molecule has 164 valence electrons. The van der Waals surface area contributed by atoms with Crippen molar-refractivity contribution in [3.63, 3.8) is 0 Å². The molecular weight excluding hydrogens is 396 g/mol. The molecule has 4 atom stereocenters. The first-order valence-corrected chi connectivity index (χ1v) is 10.7. The normalized spacial score (nSPS) is 28.8. The fourth-order valence-electron chi connectivity index (χ4n) is 5.31. The average Bonchev–Trinajstić information content (AvgIpc) is 3.55. The van der Waals surface area contributed by atoms with Crippen molar-refractivity contribution in [2.24, 2.45) is 11.8 Å². The minimum absolute atomic E-state index is 0.00368. The van der Waals surface area contributed by atoms with Crippen LogP contribution in [0, 0.1) is 11.8 Å². The van der Waals surface area contributed by atoms with Gasteiger partial charge in [0.25, 0.3) is 12.4 Å². The van der Waals surface area contributed by atoms with Gasteiger partial charge < -0.3 is 19.6 Å². The van der Waals surface area contributed by atoms with Crippen molar-refractivity contribution >= 4 is 18.5 Å². The molecule has 4 heterocycles. The second kappa shape index (κ2) is 9.49. The molecule has 1 aromatic carbocycles. The molecule has 7 heteroatoms. The van der Waals surface area contributed by atoms with E-state index in [0.717, 1.165) is 32.5 Å². The number of hydrogen-bond acceptors (Lipinski definition) is 5. The molecule has 0 aliphatic carbocycles. The van der Waals surface area contributed by atoms with Crippen LogP contribution in [0.5, 0.6) is 0 Å². The number of carbonyl (C=O) groups is 2. The van der Waals surface area contributed by atoms with Gasteiger partial charge in [0.1, 0.15) is 6.26 Å². The largest absolute Gasteiger partial charge is 0.483 e. The minimum Gasteiger partial charge on any atom is -0.483 e. The lowest BCUT2D eigenvalue weighted by Crippen LogP contribution is -2.41. The smallest absolute Gasteiger partial charge is 0.290 e. The molecule has 3 fully saturated rings. The van der Waals surface area contributed by atoms with E-state index >= 15 is 0 Å². The van der Waals surface area contributed by atoms with Crippen molar-refractivity contribution in [1.82, 2.24) is 10.2 Å². The molecule has 31 heavy (non-hydrogen) atoms. The summed E-state index contributed by atoms with van der Waals surface area (Å²) in [4.78, 5) is 23.1. The highest BCUT2D eigenvalue weighted by atomic mass is 16.5. The van der Waals surface area contributed by atoms with Gasteiger partial charge in [0.15, 0.2) is 0 Å². The Labute approximate surface area is 181 Å². The molecular formula is C24H28N2O5. The van der Waals surface area contributed by atoms with Crippen LogP contribution >= 0.6 is 0 Å². The molecule has 0 unspecified atom stereocenters. The average molecular weight is 424 g/mol. The van der Waals surface area contributed by atoms with Crippen molar-refractivity contribution in [2.45, 2.75) is 24.5 Å². The maximum atomic E-state index is 12.3. The van der Waals surface area contributed by atoms with Gasteiger partial charge in [-0.05, 0) is 24.5 Å². The van der Waals surface area contributed by atoms with Gasteiger partial charge in [-0.3, -0.25) is 14.5 Å². The van der Waals surface area contributed by atoms with E-state index in [4.69, 9.17) is 19.1 Å². The van der Waals surface area contributed by atoms with Crippen molar-refractivity contribution in [2.75, 3.05) is 26.2 Å². The van der Waals surface area contributed by atoms with Crippen LogP contribution in [0.2, 0.25) is 0 Å². The van der Waals surface area contributed by atoms with E-state index in [1.54, 1.807) is 6.07 Å². The molecule has 3 aliphatic heterocycles. The molecule has 7 nitrogen and oxygen atoms in total. The summed E-state index contributed by atoms with van der Waals surface area (Å²) in [5.74, 6) is 0.833. The maximum Gasteiger partial charge on any atom is 0.290 e. The van der Waals surface area contributed by atoms with Crippen LogP contribution in [0.25, 0.3) is 6.08 Å². The number of amides is 1. The second-order valence-electron chi connectivity index (χ2n) is 8.36. The molecule has 5 rings (SSSR count). The second-order valence-corrected chi connectivity index (χ2v) is 8.36. The number of hydrogen-bond donors (Lipinski definition) is 2. The SMILES string of the molecule is O=C(NC[C@H]1[C@H]2CN(CC=Cc3ccccc3)C[C@]23CC[C@H]1O3)c1ccoc1.O=CO. The van der Waals surface area contributed by atoms with Gasteiger partial charge in [0.2, 0.25) is 0 Å². The predicted molar refractivity (Wildman–Crippen MR) is 115 cm³/mol. The first kappa shape index (κ1) is 21.3. The molecule has 1 spiro atoms. The lowest BCUT2D eigenvalue weighted by Gasteiger charge is -2.29. The van der Waals surface area contributed by atoms with Crippen LogP contribution in [0.1, 0.15) is 28.8 Å². The number of nitrogens with zero attached hydrogens (tertiary/aromatic N) is 1. The first-order chi connectivity index (χ1) is 15.1. The van der Waals surface area contributed by atoms with Crippen LogP contribution in [0.15, 0.2) is 59.4 Å². The number of carbonyl (C=O) groups excluding carboxylic acids is 1. The molecule has 1 aromatic heterocycles. The monoisotopic (exact) mass is 424 g/mol. The van der Waals surface area contributed by atoms with E-state index in [1.807, 2.05) is 6.07 Å². The van der Waals surface area contributed by atoms with Gasteiger partial charge in [-0.25, -0.2) is 0 Å². The van der Waals surface area contributed by atoms with Crippen LogP contribution in [-0.2, 0) is 9.53 Å². The zero-order valence-corrected chi connectivity index (χ0v) is 17.4. The molecule has 2 N–H and O–H groups in total. The summed E-state index contributed by atoms with van der Waals surface area (Å²) in [6.07, 6.45) is 10.00. The summed E-state index contributed by atoms with van der Waals surface area (Å²) in [5.41, 5.74) is 1.81. The van der Waals surface area contributed by atoms with Crippen LogP contribution in [0.3, 0.4) is 0 Å². The fourth-order valence-corrected chi connectivity index (χ4v) is 5.31. The number of rotatable bonds is 6. The summed E-state index contributed by atoms with van der Waals surface area (Å²) in [5, 5.41) is 9.98. The highest BCUT2D eigenvalue weighted by Gasteiger charge is 2.62. The number of carboxylic acid groups (broad SMARTS) is 1. The predicted octanol–water partition coefficient (Wildman–Crippen LogP) is 2.90. The molecule has 0 radical (unpaired) electrons. The Balaban J connectivity index is 0.000000730. The maximum absolute atomic E-state index is 12.3. The Bertz CT molecular complexity index is 898. The summed E-state index contributed by atoms with van der Waals surface area (Å²) < 4.78 is 11.5. The standard InChI is InChI=1S/C23H26N2O3.CH2O2/c26-22(18-9-12-27-15-18)24-13-19-20-14-25(16-23(20)10-8-21(19)28-23)11-4-7-17-5-2-1-3-6-17;2-1-3/h1-7,9,12,15,19-21H,8,10-11,13-14,16H2,(H,24,26);1H,(H,2,3)/t19-,20+,21+,23+;/m0./s1. The third-order valence-electron chi connectivity index (χ3n) is 6.61. The van der Waals surface area contributed by atoms with Gasteiger partial charge in [0, 0.05) is 38.0 Å². The molecule has 1 amide bonds. The zero-order chi connectivity index (χ0) is 21.7. The lowest BCUT2D eigenvalue weighted by atomic mass is 9.73. The van der Waals surface area contributed by atoms with Crippen molar-refractivity contribution in [3.05, 3.63) is 66.1 Å². The van der Waals surface area contributed by atoms with Gasteiger partial charge in [-0.1, -0.05) is 42.5 Å². The molecule has 2 aromatic rings. The topological polar surface area (TPSA) is 92.0 Å². The summed E-state index contributed by atoms with van der Waals surface area (Å²) in [7, 11) is 0. The van der Waals surface area contributed by atoms with Gasteiger partial charge >= 0.3 is 0 Å². The Morgan fingerprint density at radius 2 is 2.10 bits per heavy atom. The van der Waals surface area contributed by atoms with E-state index in [9.17, 15) is 4.79 Å². The Kier molecular flexibility index (Phi) is 6.53. The van der Waals surface area contributed by atoms with E-state index < -0.39 is 0 Å². The van der Waals surface area contributed by atoms with Crippen LogP contribution in [-0.4, -0.2) is 60.3 Å². The number of likely N-dealkylation sites (tertiary alicyclic amines) is 1. The highest BCUT2D eigenvalue weighted by molar-refractivity contribution is 5.93. The highest BCUT2D eigenvalue weighted by Crippen LogP contribution is 2.54.